The van der Waals surface area contributed by atoms with Crippen molar-refractivity contribution in [3.8, 4) is 0 Å². The summed E-state index contributed by atoms with van der Waals surface area (Å²) in [5.41, 5.74) is 0. The van der Waals surface area contributed by atoms with Crippen LogP contribution in [0.3, 0.4) is 0 Å². The molecule has 3 heterocycles. The molecule has 0 aromatic carbocycles. The molecule has 3 heteroatoms. The number of hydrogen-bond acceptors (Lipinski definition) is 1. The van der Waals surface area contributed by atoms with Gasteiger partial charge < -0.3 is 4.48 Å². The summed E-state index contributed by atoms with van der Waals surface area (Å²) < 4.78 is 13.3. The van der Waals surface area contributed by atoms with E-state index in [2.05, 4.69) is 4.90 Å². The van der Waals surface area contributed by atoms with E-state index in [0.717, 1.165) is 11.0 Å². The molecule has 0 unspecified atom stereocenters. The fraction of sp³-hybridized carbons (Fsp3) is 1.00. The van der Waals surface area contributed by atoms with Crippen molar-refractivity contribution in [3.63, 3.8) is 0 Å². The Hall–Kier alpha value is -0.150. The van der Waals surface area contributed by atoms with E-state index in [-0.39, 0.29) is 6.67 Å². The van der Waals surface area contributed by atoms with Gasteiger partial charge in [0.25, 0.3) is 0 Å². The van der Waals surface area contributed by atoms with Gasteiger partial charge in [-0.1, -0.05) is 0 Å². The molecule has 11 heavy (non-hydrogen) atoms. The minimum atomic E-state index is -0.139. The summed E-state index contributed by atoms with van der Waals surface area (Å²) in [6.07, 6.45) is 0. The minimum Gasteiger partial charge on any atom is -0.318 e. The van der Waals surface area contributed by atoms with Crippen molar-refractivity contribution >= 4 is 0 Å². The van der Waals surface area contributed by atoms with Gasteiger partial charge in [-0.15, -0.1) is 0 Å². The van der Waals surface area contributed by atoms with Crippen molar-refractivity contribution in [2.45, 2.75) is 0 Å². The summed E-state index contributed by atoms with van der Waals surface area (Å²) in [6, 6.07) is 0. The third kappa shape index (κ3) is 1.27. The number of nitrogens with zero attached hydrogens (tertiary/aromatic N) is 2. The molecule has 0 radical (unpaired) electrons. The predicted octanol–water partition coefficient (Wildman–Crippen LogP) is 0.102. The molecule has 0 aromatic rings. The number of quaternary nitrogens is 1. The molecule has 3 fully saturated rings. The second-order valence-corrected chi connectivity index (χ2v) is 3.77. The zero-order valence-corrected chi connectivity index (χ0v) is 6.93. The van der Waals surface area contributed by atoms with E-state index in [1.54, 1.807) is 0 Å². The summed E-state index contributed by atoms with van der Waals surface area (Å²) in [5.74, 6) is 0. The summed E-state index contributed by atoms with van der Waals surface area (Å²) in [4.78, 5) is 2.48. The first-order valence-corrected chi connectivity index (χ1v) is 4.48. The maximum atomic E-state index is 12.2. The normalized spacial score (nSPS) is 42.8. The lowest BCUT2D eigenvalue weighted by molar-refractivity contribution is -0.940. The summed E-state index contributed by atoms with van der Waals surface area (Å²) in [6.45, 7) is 7.76. The van der Waals surface area contributed by atoms with E-state index >= 15 is 0 Å². The smallest absolute Gasteiger partial charge is 0.138 e. The van der Waals surface area contributed by atoms with Crippen LogP contribution in [0.1, 0.15) is 0 Å². The Kier molecular flexibility index (Phi) is 1.85. The van der Waals surface area contributed by atoms with Gasteiger partial charge in [0.1, 0.15) is 13.2 Å². The largest absolute Gasteiger partial charge is 0.318 e. The SMILES string of the molecule is FCC[N+]12CCN(CC1)CC2. The molecule has 0 amide bonds. The molecule has 0 spiro atoms. The molecule has 0 N–H and O–H groups in total. The second-order valence-electron chi connectivity index (χ2n) is 3.77. The predicted molar refractivity (Wildman–Crippen MR) is 42.1 cm³/mol. The van der Waals surface area contributed by atoms with Gasteiger partial charge >= 0.3 is 0 Å². The van der Waals surface area contributed by atoms with Crippen LogP contribution in [0, 0.1) is 0 Å². The minimum absolute atomic E-state index is 0.139. The van der Waals surface area contributed by atoms with Crippen LogP contribution in [0.2, 0.25) is 0 Å². The first-order chi connectivity index (χ1) is 5.35. The van der Waals surface area contributed by atoms with E-state index in [0.29, 0.717) is 0 Å². The molecule has 3 saturated heterocycles. The van der Waals surface area contributed by atoms with E-state index in [9.17, 15) is 4.39 Å². The van der Waals surface area contributed by atoms with Gasteiger partial charge in [-0.05, 0) is 0 Å². The molecule has 2 nitrogen and oxygen atoms in total. The Morgan fingerprint density at radius 3 is 2.09 bits per heavy atom. The molecule has 64 valence electrons. The van der Waals surface area contributed by atoms with Crippen molar-refractivity contribution in [2.75, 3.05) is 52.5 Å². The fourth-order valence-electron chi connectivity index (χ4n) is 2.25. The maximum Gasteiger partial charge on any atom is 0.138 e. The van der Waals surface area contributed by atoms with E-state index in [4.69, 9.17) is 0 Å². The summed E-state index contributed by atoms with van der Waals surface area (Å²) in [5, 5.41) is 0. The second kappa shape index (κ2) is 2.72. The first kappa shape index (κ1) is 7.50. The van der Waals surface area contributed by atoms with Gasteiger partial charge in [0.2, 0.25) is 0 Å². The standard InChI is InChI=1S/C8H16FN2/c9-1-5-11-6-2-10(3-7-11)4-8-11/h1-8H2/q+1. The number of rotatable bonds is 2. The molecule has 3 rings (SSSR count). The highest BCUT2D eigenvalue weighted by Crippen LogP contribution is 2.18. The fourth-order valence-corrected chi connectivity index (χ4v) is 2.25. The van der Waals surface area contributed by atoms with Crippen molar-refractivity contribution in [1.29, 1.82) is 0 Å². The zero-order valence-electron chi connectivity index (χ0n) is 6.93. The van der Waals surface area contributed by atoms with Crippen molar-refractivity contribution < 1.29 is 8.87 Å². The van der Waals surface area contributed by atoms with Gasteiger partial charge in [-0.2, -0.15) is 0 Å². The van der Waals surface area contributed by atoms with Crippen LogP contribution >= 0.6 is 0 Å². The number of fused-ring (bicyclic) bond motifs is 3. The third-order valence-corrected chi connectivity index (χ3v) is 3.23. The quantitative estimate of drug-likeness (QED) is 0.517. The Morgan fingerprint density at radius 2 is 1.64 bits per heavy atom. The maximum absolute atomic E-state index is 12.2. The topological polar surface area (TPSA) is 3.24 Å². The zero-order chi connectivity index (χ0) is 7.73. The van der Waals surface area contributed by atoms with Crippen LogP contribution in [0.4, 0.5) is 4.39 Å². The number of alkyl halides is 1. The van der Waals surface area contributed by atoms with Gasteiger partial charge in [-0.3, -0.25) is 4.90 Å². The van der Waals surface area contributed by atoms with Crippen LogP contribution in [-0.4, -0.2) is 61.9 Å². The van der Waals surface area contributed by atoms with Crippen LogP contribution in [0.15, 0.2) is 0 Å². The highest BCUT2D eigenvalue weighted by molar-refractivity contribution is 4.70. The van der Waals surface area contributed by atoms with Gasteiger partial charge in [0.15, 0.2) is 0 Å². The van der Waals surface area contributed by atoms with Crippen LogP contribution in [0.25, 0.3) is 0 Å². The highest BCUT2D eigenvalue weighted by atomic mass is 19.1. The molecule has 0 aliphatic carbocycles. The molecule has 3 aliphatic heterocycles. The van der Waals surface area contributed by atoms with E-state index in [1.807, 2.05) is 0 Å². The lowest BCUT2D eigenvalue weighted by Crippen LogP contribution is -2.67. The van der Waals surface area contributed by atoms with Crippen LogP contribution in [-0.2, 0) is 0 Å². The van der Waals surface area contributed by atoms with Gasteiger partial charge in [-0.25, -0.2) is 4.39 Å². The molecular weight excluding hydrogens is 143 g/mol. The van der Waals surface area contributed by atoms with Crippen molar-refractivity contribution in [3.05, 3.63) is 0 Å². The Bertz CT molecular complexity index is 121. The number of piperazine rings is 3. The highest BCUT2D eigenvalue weighted by Gasteiger charge is 2.37. The average molecular weight is 159 g/mol. The van der Waals surface area contributed by atoms with E-state index < -0.39 is 0 Å². The first-order valence-electron chi connectivity index (χ1n) is 4.48. The van der Waals surface area contributed by atoms with Gasteiger partial charge in [0, 0.05) is 19.6 Å². The van der Waals surface area contributed by atoms with Crippen LogP contribution in [0.5, 0.6) is 0 Å². The van der Waals surface area contributed by atoms with Crippen LogP contribution < -0.4 is 0 Å². The summed E-state index contributed by atoms with van der Waals surface area (Å²) >= 11 is 0. The van der Waals surface area contributed by atoms with E-state index in [1.165, 1.54) is 39.3 Å². The Morgan fingerprint density at radius 1 is 1.09 bits per heavy atom. The lowest BCUT2D eigenvalue weighted by Gasteiger charge is -2.50. The monoisotopic (exact) mass is 159 g/mol. The lowest BCUT2D eigenvalue weighted by atomic mass is 10.1. The molecule has 2 bridgehead atoms. The van der Waals surface area contributed by atoms with Gasteiger partial charge in [0.05, 0.1) is 19.6 Å². The molecule has 0 atom stereocenters. The molecule has 3 aliphatic rings. The summed E-state index contributed by atoms with van der Waals surface area (Å²) in [7, 11) is 0. The molecule has 0 aromatic heterocycles. The Balaban J connectivity index is 2.00. The van der Waals surface area contributed by atoms with Crippen molar-refractivity contribution in [2.24, 2.45) is 0 Å². The van der Waals surface area contributed by atoms with Crippen molar-refractivity contribution in [1.82, 2.24) is 4.90 Å². The third-order valence-electron chi connectivity index (χ3n) is 3.23. The number of halogens is 1. The Labute approximate surface area is 67.2 Å². The average Bonchev–Trinajstić information content (AvgIpc) is 2.07. The number of hydrogen-bond donors (Lipinski definition) is 0. The molecular formula is C8H16FN2+. The molecule has 0 saturated carbocycles.